The van der Waals surface area contributed by atoms with Crippen molar-refractivity contribution in [2.45, 2.75) is 58.9 Å². The third kappa shape index (κ3) is 5.92. The smallest absolute Gasteiger partial charge is 0.273 e. The van der Waals surface area contributed by atoms with E-state index < -0.39 is 23.8 Å². The Bertz CT molecular complexity index is 1640. The summed E-state index contributed by atoms with van der Waals surface area (Å²) in [5, 5.41) is 2.72. The number of nitrogens with zero attached hydrogens (tertiary/aromatic N) is 4. The lowest BCUT2D eigenvalue weighted by Crippen LogP contribution is -2.36. The molecular formula is C31H36F2N6O3. The van der Waals surface area contributed by atoms with Gasteiger partial charge < -0.3 is 19.9 Å². The topological polar surface area (TPSA) is 105 Å². The molecule has 1 saturated heterocycles. The zero-order chi connectivity index (χ0) is 30.0. The Morgan fingerprint density at radius 2 is 1.90 bits per heavy atom. The molecule has 4 aromatic rings. The highest BCUT2D eigenvalue weighted by Gasteiger charge is 2.34. The number of morpholine rings is 1. The molecule has 1 aliphatic heterocycles. The number of carbonyl (C=O) groups excluding carboxylic acids is 1. The van der Waals surface area contributed by atoms with Gasteiger partial charge in [-0.25, -0.2) is 18.7 Å². The summed E-state index contributed by atoms with van der Waals surface area (Å²) < 4.78 is 37.1. The minimum absolute atomic E-state index is 0.0949. The average Bonchev–Trinajstić information content (AvgIpc) is 3.41. The SMILES string of the molecule is CCCC(F)(F)c1cc(C)[nH]c(=O)c1CNC(=O)c1cc(-c2ccc(N3CCOCC3)nc2)cc2c(C(C)C)ncn12. The van der Waals surface area contributed by atoms with Crippen LogP contribution >= 0.6 is 0 Å². The summed E-state index contributed by atoms with van der Waals surface area (Å²) in [6.45, 7) is 9.77. The minimum Gasteiger partial charge on any atom is -0.378 e. The van der Waals surface area contributed by atoms with E-state index in [1.807, 2.05) is 32.0 Å². The summed E-state index contributed by atoms with van der Waals surface area (Å²) in [6, 6.07) is 8.90. The lowest BCUT2D eigenvalue weighted by atomic mass is 9.98. The zero-order valence-corrected chi connectivity index (χ0v) is 24.3. The van der Waals surface area contributed by atoms with Crippen molar-refractivity contribution in [3.63, 3.8) is 0 Å². The van der Waals surface area contributed by atoms with E-state index in [9.17, 15) is 9.59 Å². The van der Waals surface area contributed by atoms with Crippen molar-refractivity contribution in [2.24, 2.45) is 0 Å². The molecule has 0 radical (unpaired) electrons. The lowest BCUT2D eigenvalue weighted by Gasteiger charge is -2.27. The van der Waals surface area contributed by atoms with Gasteiger partial charge in [0.25, 0.3) is 17.4 Å². The molecule has 5 heterocycles. The van der Waals surface area contributed by atoms with E-state index in [0.717, 1.165) is 41.2 Å². The molecule has 0 aliphatic carbocycles. The molecule has 0 saturated carbocycles. The number of hydrogen-bond donors (Lipinski definition) is 2. The summed E-state index contributed by atoms with van der Waals surface area (Å²) >= 11 is 0. The molecule has 9 nitrogen and oxygen atoms in total. The maximum absolute atomic E-state index is 15.0. The van der Waals surface area contributed by atoms with Gasteiger partial charge in [-0.05, 0) is 48.7 Å². The van der Waals surface area contributed by atoms with Crippen LogP contribution in [0, 0.1) is 6.92 Å². The number of nitrogens with one attached hydrogen (secondary N) is 2. The van der Waals surface area contributed by atoms with Gasteiger partial charge in [-0.1, -0.05) is 27.2 Å². The number of ether oxygens (including phenoxy) is 1. The molecule has 5 rings (SSSR count). The number of anilines is 1. The van der Waals surface area contributed by atoms with Crippen molar-refractivity contribution in [3.8, 4) is 11.1 Å². The molecule has 0 unspecified atom stereocenters. The Hall–Kier alpha value is -4.12. The summed E-state index contributed by atoms with van der Waals surface area (Å²) in [4.78, 5) is 40.3. The molecule has 0 atom stereocenters. The van der Waals surface area contributed by atoms with Crippen LogP contribution in [0.15, 0.2) is 47.7 Å². The maximum atomic E-state index is 15.0. The average molecular weight is 579 g/mol. The Morgan fingerprint density at radius 1 is 1.14 bits per heavy atom. The van der Waals surface area contributed by atoms with Crippen LogP contribution in [0.25, 0.3) is 16.6 Å². The first-order valence-electron chi connectivity index (χ1n) is 14.3. The van der Waals surface area contributed by atoms with E-state index in [-0.39, 0.29) is 35.7 Å². The van der Waals surface area contributed by atoms with Gasteiger partial charge in [0.1, 0.15) is 17.8 Å². The van der Waals surface area contributed by atoms with E-state index in [1.54, 1.807) is 36.8 Å². The van der Waals surface area contributed by atoms with Gasteiger partial charge in [0, 0.05) is 54.6 Å². The fraction of sp³-hybridized carbons (Fsp3) is 0.419. The Morgan fingerprint density at radius 3 is 2.57 bits per heavy atom. The molecule has 1 amide bonds. The predicted molar refractivity (Wildman–Crippen MR) is 157 cm³/mol. The molecule has 0 spiro atoms. The van der Waals surface area contributed by atoms with Crippen LogP contribution in [0.5, 0.6) is 0 Å². The van der Waals surface area contributed by atoms with Crippen LogP contribution in [0.4, 0.5) is 14.6 Å². The monoisotopic (exact) mass is 578 g/mol. The largest absolute Gasteiger partial charge is 0.378 e. The molecule has 1 aliphatic rings. The summed E-state index contributed by atoms with van der Waals surface area (Å²) in [5.74, 6) is -2.76. The number of aromatic nitrogens is 4. The summed E-state index contributed by atoms with van der Waals surface area (Å²) in [7, 11) is 0. The van der Waals surface area contributed by atoms with Crippen molar-refractivity contribution < 1.29 is 18.3 Å². The van der Waals surface area contributed by atoms with Gasteiger partial charge in [0.15, 0.2) is 0 Å². The van der Waals surface area contributed by atoms with Gasteiger partial charge in [-0.15, -0.1) is 0 Å². The number of imidazole rings is 1. The molecule has 1 fully saturated rings. The van der Waals surface area contributed by atoms with Gasteiger partial charge in [-0.3, -0.25) is 14.0 Å². The van der Waals surface area contributed by atoms with Crippen molar-refractivity contribution in [1.29, 1.82) is 0 Å². The van der Waals surface area contributed by atoms with E-state index in [1.165, 1.54) is 6.07 Å². The van der Waals surface area contributed by atoms with E-state index >= 15 is 8.78 Å². The van der Waals surface area contributed by atoms with Crippen LogP contribution in [0.3, 0.4) is 0 Å². The lowest BCUT2D eigenvalue weighted by molar-refractivity contribution is -0.0152. The van der Waals surface area contributed by atoms with Crippen LogP contribution in [-0.4, -0.2) is 51.6 Å². The second-order valence-corrected chi connectivity index (χ2v) is 11.0. The van der Waals surface area contributed by atoms with E-state index in [2.05, 4.69) is 25.2 Å². The highest BCUT2D eigenvalue weighted by Crippen LogP contribution is 2.34. The zero-order valence-electron chi connectivity index (χ0n) is 24.3. The third-order valence-electron chi connectivity index (χ3n) is 7.53. The number of H-pyrrole nitrogens is 1. The van der Waals surface area contributed by atoms with Gasteiger partial charge in [-0.2, -0.15) is 0 Å². The first-order valence-corrected chi connectivity index (χ1v) is 14.3. The second-order valence-electron chi connectivity index (χ2n) is 11.0. The molecule has 42 heavy (non-hydrogen) atoms. The summed E-state index contributed by atoms with van der Waals surface area (Å²) in [6.07, 6.45) is 3.21. The van der Waals surface area contributed by atoms with E-state index in [4.69, 9.17) is 4.74 Å². The molecule has 4 aromatic heterocycles. The van der Waals surface area contributed by atoms with Gasteiger partial charge in [0.2, 0.25) is 0 Å². The molecular weight excluding hydrogens is 542 g/mol. The highest BCUT2D eigenvalue weighted by molar-refractivity contribution is 5.95. The van der Waals surface area contributed by atoms with Crippen molar-refractivity contribution in [2.75, 3.05) is 31.2 Å². The predicted octanol–water partition coefficient (Wildman–Crippen LogP) is 5.17. The Kier molecular flexibility index (Phi) is 8.40. The summed E-state index contributed by atoms with van der Waals surface area (Å²) in [5.41, 5.74) is 2.60. The number of pyridine rings is 3. The van der Waals surface area contributed by atoms with Crippen molar-refractivity contribution in [3.05, 3.63) is 81.4 Å². The number of aromatic amines is 1. The number of amides is 1. The number of halogens is 2. The standard InChI is InChI=1S/C31H36F2N6O3/c1-5-8-31(32,33)24-13-20(4)37-29(40)23(24)17-35-30(41)26-15-22(14-25-28(19(2)3)36-18-39(25)26)21-6-7-27(34-16-21)38-9-11-42-12-10-38/h6-7,13-16,18-19H,5,8-12,17H2,1-4H3,(H,35,41)(H,37,40). The van der Waals surface area contributed by atoms with Crippen molar-refractivity contribution in [1.82, 2.24) is 24.7 Å². The Labute approximate surface area is 243 Å². The Balaban J connectivity index is 1.50. The number of hydrogen-bond acceptors (Lipinski definition) is 6. The third-order valence-corrected chi connectivity index (χ3v) is 7.53. The van der Waals surface area contributed by atoms with Crippen LogP contribution in [0.2, 0.25) is 0 Å². The maximum Gasteiger partial charge on any atom is 0.273 e. The number of aryl methyl sites for hydroxylation is 1. The normalized spacial score (nSPS) is 14.1. The number of carbonyl (C=O) groups is 1. The van der Waals surface area contributed by atoms with Gasteiger partial charge in [0.05, 0.1) is 24.4 Å². The molecule has 0 aromatic carbocycles. The fourth-order valence-electron chi connectivity index (χ4n) is 5.36. The highest BCUT2D eigenvalue weighted by atomic mass is 19.3. The van der Waals surface area contributed by atoms with Crippen molar-refractivity contribution >= 4 is 17.2 Å². The molecule has 11 heteroatoms. The van der Waals surface area contributed by atoms with Crippen LogP contribution in [0.1, 0.15) is 72.5 Å². The second kappa shape index (κ2) is 12.0. The van der Waals surface area contributed by atoms with E-state index in [0.29, 0.717) is 18.9 Å². The first-order chi connectivity index (χ1) is 20.1. The van der Waals surface area contributed by atoms with Crippen LogP contribution in [-0.2, 0) is 17.2 Å². The minimum atomic E-state index is -3.20. The molecule has 2 N–H and O–H groups in total. The van der Waals surface area contributed by atoms with Crippen LogP contribution < -0.4 is 15.8 Å². The first kappa shape index (κ1) is 29.4. The fourth-order valence-corrected chi connectivity index (χ4v) is 5.36. The van der Waals surface area contributed by atoms with Gasteiger partial charge >= 0.3 is 0 Å². The number of alkyl halides is 2. The molecule has 222 valence electrons. The molecule has 0 bridgehead atoms. The quantitative estimate of drug-likeness (QED) is 0.284. The number of rotatable bonds is 9. The number of fused-ring (bicyclic) bond motifs is 1.